The summed E-state index contributed by atoms with van der Waals surface area (Å²) < 4.78 is 0. The number of likely N-dealkylation sites (N-methyl/N-ethyl adjacent to an activating group) is 1. The minimum Gasteiger partial charge on any atom is -0.342 e. The molecule has 138 valence electrons. The Balaban J connectivity index is 1.74. The molecule has 0 radical (unpaired) electrons. The van der Waals surface area contributed by atoms with Crippen molar-refractivity contribution < 1.29 is 9.59 Å². The molecule has 2 amide bonds. The van der Waals surface area contributed by atoms with Gasteiger partial charge in [-0.1, -0.05) is 20.3 Å². The lowest BCUT2D eigenvalue weighted by Gasteiger charge is -2.37. The van der Waals surface area contributed by atoms with Crippen LogP contribution in [0.5, 0.6) is 0 Å². The number of nitrogens with zero attached hydrogens (tertiary/aromatic N) is 3. The van der Waals surface area contributed by atoms with E-state index in [1.807, 2.05) is 11.9 Å². The first-order valence-electron chi connectivity index (χ1n) is 9.76. The van der Waals surface area contributed by atoms with Crippen molar-refractivity contribution >= 4 is 11.8 Å². The van der Waals surface area contributed by atoms with E-state index in [4.69, 9.17) is 0 Å². The third-order valence-electron chi connectivity index (χ3n) is 5.46. The van der Waals surface area contributed by atoms with Crippen molar-refractivity contribution in [2.75, 3.05) is 46.3 Å². The second kappa shape index (κ2) is 9.40. The van der Waals surface area contributed by atoms with Gasteiger partial charge in [-0.25, -0.2) is 0 Å². The lowest BCUT2D eigenvalue weighted by atomic mass is 9.92. The molecule has 0 saturated carbocycles. The molecule has 2 heterocycles. The first-order chi connectivity index (χ1) is 11.5. The van der Waals surface area contributed by atoms with Crippen LogP contribution in [0.15, 0.2) is 0 Å². The van der Waals surface area contributed by atoms with Crippen LogP contribution >= 0.6 is 0 Å². The van der Waals surface area contributed by atoms with Gasteiger partial charge in [-0.15, -0.1) is 0 Å². The van der Waals surface area contributed by atoms with Gasteiger partial charge in [0.15, 0.2) is 0 Å². The molecule has 1 unspecified atom stereocenters. The SMILES string of the molecule is CCCCN(C)CC(=O)N1CCC(C(=O)N2CCCC(C)C2)CC1. The Labute approximate surface area is 147 Å². The number of hydrogen-bond acceptors (Lipinski definition) is 3. The molecule has 2 aliphatic heterocycles. The quantitative estimate of drug-likeness (QED) is 0.746. The molecule has 0 aliphatic carbocycles. The van der Waals surface area contributed by atoms with Crippen molar-refractivity contribution in [2.45, 2.75) is 52.4 Å². The van der Waals surface area contributed by atoms with Crippen molar-refractivity contribution in [3.63, 3.8) is 0 Å². The van der Waals surface area contributed by atoms with Crippen LogP contribution in [-0.2, 0) is 9.59 Å². The molecule has 0 aromatic rings. The molecule has 0 aromatic heterocycles. The fourth-order valence-electron chi connectivity index (χ4n) is 3.86. The number of hydrogen-bond donors (Lipinski definition) is 0. The third-order valence-corrected chi connectivity index (χ3v) is 5.46. The van der Waals surface area contributed by atoms with Crippen LogP contribution in [-0.4, -0.2) is 72.8 Å². The molecular weight excluding hydrogens is 302 g/mol. The number of unbranched alkanes of at least 4 members (excludes halogenated alkanes) is 1. The molecule has 2 aliphatic rings. The summed E-state index contributed by atoms with van der Waals surface area (Å²) in [5, 5.41) is 0. The highest BCUT2D eigenvalue weighted by Gasteiger charge is 2.31. The van der Waals surface area contributed by atoms with E-state index in [1.165, 1.54) is 6.42 Å². The lowest BCUT2D eigenvalue weighted by Crippen LogP contribution is -2.48. The number of piperidine rings is 2. The highest BCUT2D eigenvalue weighted by Crippen LogP contribution is 2.23. The van der Waals surface area contributed by atoms with E-state index in [9.17, 15) is 9.59 Å². The van der Waals surface area contributed by atoms with Gasteiger partial charge in [-0.05, 0) is 51.6 Å². The van der Waals surface area contributed by atoms with E-state index in [2.05, 4.69) is 23.6 Å². The van der Waals surface area contributed by atoms with Gasteiger partial charge in [0.25, 0.3) is 0 Å². The summed E-state index contributed by atoms with van der Waals surface area (Å²) in [6.07, 6.45) is 6.31. The minimum atomic E-state index is 0.122. The lowest BCUT2D eigenvalue weighted by molar-refractivity contribution is -0.142. The number of amides is 2. The van der Waals surface area contributed by atoms with E-state index in [0.29, 0.717) is 18.4 Å². The van der Waals surface area contributed by atoms with Gasteiger partial charge in [-0.3, -0.25) is 14.5 Å². The first-order valence-corrected chi connectivity index (χ1v) is 9.76. The largest absolute Gasteiger partial charge is 0.342 e. The van der Waals surface area contributed by atoms with Crippen LogP contribution in [0.3, 0.4) is 0 Å². The smallest absolute Gasteiger partial charge is 0.236 e. The molecule has 0 aromatic carbocycles. The second-order valence-electron chi connectivity index (χ2n) is 7.78. The summed E-state index contributed by atoms with van der Waals surface area (Å²) in [5.41, 5.74) is 0. The van der Waals surface area contributed by atoms with E-state index in [-0.39, 0.29) is 11.8 Å². The maximum Gasteiger partial charge on any atom is 0.236 e. The summed E-state index contributed by atoms with van der Waals surface area (Å²) in [4.78, 5) is 31.2. The zero-order chi connectivity index (χ0) is 17.5. The number of carbonyl (C=O) groups is 2. The summed E-state index contributed by atoms with van der Waals surface area (Å²) in [6.45, 7) is 9.19. The average molecular weight is 338 g/mol. The van der Waals surface area contributed by atoms with Crippen LogP contribution in [0.2, 0.25) is 0 Å². The molecule has 2 saturated heterocycles. The number of likely N-dealkylation sites (tertiary alicyclic amines) is 2. The Morgan fingerprint density at radius 3 is 2.42 bits per heavy atom. The molecule has 5 nitrogen and oxygen atoms in total. The Hall–Kier alpha value is -1.10. The number of carbonyl (C=O) groups excluding carboxylic acids is 2. The topological polar surface area (TPSA) is 43.9 Å². The molecule has 2 fully saturated rings. The van der Waals surface area contributed by atoms with Crippen molar-refractivity contribution in [2.24, 2.45) is 11.8 Å². The summed E-state index contributed by atoms with van der Waals surface area (Å²) in [7, 11) is 2.02. The van der Waals surface area contributed by atoms with E-state index in [1.54, 1.807) is 0 Å². The van der Waals surface area contributed by atoms with Crippen molar-refractivity contribution in [3.05, 3.63) is 0 Å². The summed E-state index contributed by atoms with van der Waals surface area (Å²) in [5.74, 6) is 1.29. The van der Waals surface area contributed by atoms with Gasteiger partial charge < -0.3 is 9.80 Å². The van der Waals surface area contributed by atoms with E-state index in [0.717, 1.165) is 64.8 Å². The molecular formula is C19H35N3O2. The minimum absolute atomic E-state index is 0.122. The molecule has 1 atom stereocenters. The van der Waals surface area contributed by atoms with E-state index >= 15 is 0 Å². The molecule has 0 bridgehead atoms. The Morgan fingerprint density at radius 2 is 1.79 bits per heavy atom. The van der Waals surface area contributed by atoms with Gasteiger partial charge in [0.05, 0.1) is 6.54 Å². The van der Waals surface area contributed by atoms with Gasteiger partial charge in [-0.2, -0.15) is 0 Å². The molecule has 5 heteroatoms. The van der Waals surface area contributed by atoms with Crippen LogP contribution in [0, 0.1) is 11.8 Å². The Kier molecular flexibility index (Phi) is 7.53. The Morgan fingerprint density at radius 1 is 1.08 bits per heavy atom. The highest BCUT2D eigenvalue weighted by atomic mass is 16.2. The molecule has 0 spiro atoms. The zero-order valence-electron chi connectivity index (χ0n) is 15.8. The van der Waals surface area contributed by atoms with Crippen LogP contribution in [0.1, 0.15) is 52.4 Å². The molecule has 24 heavy (non-hydrogen) atoms. The zero-order valence-corrected chi connectivity index (χ0v) is 15.8. The van der Waals surface area contributed by atoms with Crippen molar-refractivity contribution in [3.8, 4) is 0 Å². The third kappa shape index (κ3) is 5.47. The van der Waals surface area contributed by atoms with Crippen LogP contribution < -0.4 is 0 Å². The van der Waals surface area contributed by atoms with Gasteiger partial charge in [0.2, 0.25) is 11.8 Å². The van der Waals surface area contributed by atoms with Crippen LogP contribution in [0.25, 0.3) is 0 Å². The summed E-state index contributed by atoms with van der Waals surface area (Å²) in [6, 6.07) is 0. The van der Waals surface area contributed by atoms with Gasteiger partial charge in [0, 0.05) is 32.1 Å². The first kappa shape index (κ1) is 19.2. The predicted molar refractivity (Wildman–Crippen MR) is 96.7 cm³/mol. The van der Waals surface area contributed by atoms with Crippen molar-refractivity contribution in [1.29, 1.82) is 0 Å². The fraction of sp³-hybridized carbons (Fsp3) is 0.895. The van der Waals surface area contributed by atoms with E-state index < -0.39 is 0 Å². The average Bonchev–Trinajstić information content (AvgIpc) is 2.59. The van der Waals surface area contributed by atoms with Crippen LogP contribution in [0.4, 0.5) is 0 Å². The van der Waals surface area contributed by atoms with Crippen molar-refractivity contribution in [1.82, 2.24) is 14.7 Å². The monoisotopic (exact) mass is 337 g/mol. The molecule has 0 N–H and O–H groups in total. The summed E-state index contributed by atoms with van der Waals surface area (Å²) >= 11 is 0. The number of rotatable bonds is 6. The predicted octanol–water partition coefficient (Wildman–Crippen LogP) is 2.22. The standard InChI is InChI=1S/C19H35N3O2/c1-4-5-10-20(3)15-18(23)21-12-8-17(9-13-21)19(24)22-11-6-7-16(2)14-22/h16-17H,4-15H2,1-3H3. The Bertz CT molecular complexity index is 419. The maximum absolute atomic E-state index is 12.7. The normalized spacial score (nSPS) is 22.9. The van der Waals surface area contributed by atoms with Gasteiger partial charge in [0.1, 0.15) is 0 Å². The fourth-order valence-corrected chi connectivity index (χ4v) is 3.86. The maximum atomic E-state index is 12.7. The second-order valence-corrected chi connectivity index (χ2v) is 7.78. The molecule has 2 rings (SSSR count). The highest BCUT2D eigenvalue weighted by molar-refractivity contribution is 5.81. The van der Waals surface area contributed by atoms with Gasteiger partial charge >= 0.3 is 0 Å².